The molecule has 0 atom stereocenters. The zero-order valence-electron chi connectivity index (χ0n) is 9.04. The minimum atomic E-state index is 0.147. The van der Waals surface area contributed by atoms with Gasteiger partial charge in [-0.2, -0.15) is 4.98 Å². The minimum Gasteiger partial charge on any atom is -0.368 e. The van der Waals surface area contributed by atoms with Crippen LogP contribution in [0.15, 0.2) is 28.7 Å². The predicted molar refractivity (Wildman–Crippen MR) is 73.6 cm³/mol. The first-order chi connectivity index (χ1) is 8.04. The standard InChI is InChI=1S/C11H10BrClN4/c1-6-4-7(2-3-8(6)12)15-10-5-9(13)16-11(14)17-10/h2-5H,1H3,(H3,14,15,16,17). The summed E-state index contributed by atoms with van der Waals surface area (Å²) in [5.74, 6) is 0.720. The Balaban J connectivity index is 2.28. The Hall–Kier alpha value is -1.33. The third kappa shape index (κ3) is 3.08. The zero-order valence-corrected chi connectivity index (χ0v) is 11.4. The number of aromatic nitrogens is 2. The number of nitrogens with one attached hydrogen (secondary N) is 1. The highest BCUT2D eigenvalue weighted by Crippen LogP contribution is 2.23. The smallest absolute Gasteiger partial charge is 0.223 e. The summed E-state index contributed by atoms with van der Waals surface area (Å²) in [6, 6.07) is 7.51. The van der Waals surface area contributed by atoms with Crippen molar-refractivity contribution in [2.45, 2.75) is 6.92 Å². The van der Waals surface area contributed by atoms with Crippen molar-refractivity contribution in [3.8, 4) is 0 Å². The number of nitrogens with two attached hydrogens (primary N) is 1. The van der Waals surface area contributed by atoms with Gasteiger partial charge in [0.15, 0.2) is 0 Å². The Morgan fingerprint density at radius 2 is 2.06 bits per heavy atom. The fourth-order valence-electron chi connectivity index (χ4n) is 1.37. The molecule has 0 fully saturated rings. The second-order valence-corrected chi connectivity index (χ2v) is 4.76. The van der Waals surface area contributed by atoms with Crippen LogP contribution in [0.4, 0.5) is 17.5 Å². The molecule has 0 aliphatic rings. The molecular weight excluding hydrogens is 304 g/mol. The number of hydrogen-bond donors (Lipinski definition) is 2. The Bertz CT molecular complexity index is 539. The number of nitrogen functional groups attached to an aromatic ring is 1. The first-order valence-corrected chi connectivity index (χ1v) is 6.05. The van der Waals surface area contributed by atoms with Crippen molar-refractivity contribution in [2.75, 3.05) is 11.1 Å². The summed E-state index contributed by atoms with van der Waals surface area (Å²) in [6.45, 7) is 2.01. The first kappa shape index (κ1) is 12.1. The van der Waals surface area contributed by atoms with E-state index in [4.69, 9.17) is 17.3 Å². The summed E-state index contributed by atoms with van der Waals surface area (Å²) < 4.78 is 1.06. The largest absolute Gasteiger partial charge is 0.368 e. The van der Waals surface area contributed by atoms with Gasteiger partial charge in [0.2, 0.25) is 5.95 Å². The van der Waals surface area contributed by atoms with E-state index in [1.807, 2.05) is 25.1 Å². The molecule has 3 N–H and O–H groups in total. The molecule has 0 spiro atoms. The summed E-state index contributed by atoms with van der Waals surface area (Å²) in [5, 5.41) is 3.43. The third-order valence-corrected chi connectivity index (χ3v) is 3.23. The highest BCUT2D eigenvalue weighted by atomic mass is 79.9. The van der Waals surface area contributed by atoms with E-state index in [-0.39, 0.29) is 5.95 Å². The number of halogens is 2. The number of hydrogen-bond acceptors (Lipinski definition) is 4. The molecule has 4 nitrogen and oxygen atoms in total. The molecule has 2 aromatic rings. The lowest BCUT2D eigenvalue weighted by atomic mass is 10.2. The summed E-state index contributed by atoms with van der Waals surface area (Å²) in [5.41, 5.74) is 7.56. The van der Waals surface area contributed by atoms with Crippen LogP contribution < -0.4 is 11.1 Å². The first-order valence-electron chi connectivity index (χ1n) is 4.88. The Morgan fingerprint density at radius 3 is 2.71 bits per heavy atom. The van der Waals surface area contributed by atoms with E-state index in [9.17, 15) is 0 Å². The van der Waals surface area contributed by atoms with Crippen LogP contribution in [0.1, 0.15) is 5.56 Å². The van der Waals surface area contributed by atoms with Gasteiger partial charge in [-0.25, -0.2) is 4.98 Å². The van der Waals surface area contributed by atoms with E-state index in [2.05, 4.69) is 31.2 Å². The second-order valence-electron chi connectivity index (χ2n) is 3.52. The van der Waals surface area contributed by atoms with Crippen molar-refractivity contribution >= 4 is 45.0 Å². The normalized spacial score (nSPS) is 10.3. The maximum atomic E-state index is 5.79. The topological polar surface area (TPSA) is 63.8 Å². The average molecular weight is 314 g/mol. The van der Waals surface area contributed by atoms with Crippen LogP contribution in [0.25, 0.3) is 0 Å². The average Bonchev–Trinajstić information content (AvgIpc) is 2.22. The van der Waals surface area contributed by atoms with Crippen LogP contribution >= 0.6 is 27.5 Å². The summed E-state index contributed by atoms with van der Waals surface area (Å²) in [4.78, 5) is 7.83. The molecule has 1 heterocycles. The van der Waals surface area contributed by atoms with Crippen LogP contribution in [-0.4, -0.2) is 9.97 Å². The van der Waals surface area contributed by atoms with Crippen LogP contribution in [0.5, 0.6) is 0 Å². The fraction of sp³-hybridized carbons (Fsp3) is 0.0909. The molecule has 0 aliphatic carbocycles. The minimum absolute atomic E-state index is 0.147. The van der Waals surface area contributed by atoms with Crippen LogP contribution in [0.2, 0.25) is 5.15 Å². The Morgan fingerprint density at radius 1 is 1.29 bits per heavy atom. The van der Waals surface area contributed by atoms with Gasteiger partial charge < -0.3 is 11.1 Å². The van der Waals surface area contributed by atoms with Crippen molar-refractivity contribution in [3.63, 3.8) is 0 Å². The Kier molecular flexibility index (Phi) is 3.49. The zero-order chi connectivity index (χ0) is 12.4. The van der Waals surface area contributed by atoms with Crippen molar-refractivity contribution < 1.29 is 0 Å². The van der Waals surface area contributed by atoms with Crippen LogP contribution in [0, 0.1) is 6.92 Å². The lowest BCUT2D eigenvalue weighted by Crippen LogP contribution is -2.00. The monoisotopic (exact) mass is 312 g/mol. The van der Waals surface area contributed by atoms with E-state index in [0.717, 1.165) is 15.7 Å². The maximum Gasteiger partial charge on any atom is 0.223 e. The van der Waals surface area contributed by atoms with E-state index in [0.29, 0.717) is 11.0 Å². The van der Waals surface area contributed by atoms with Gasteiger partial charge in [-0.05, 0) is 30.7 Å². The van der Waals surface area contributed by atoms with Gasteiger partial charge in [-0.1, -0.05) is 27.5 Å². The van der Waals surface area contributed by atoms with Crippen molar-refractivity contribution in [1.82, 2.24) is 9.97 Å². The van der Waals surface area contributed by atoms with E-state index >= 15 is 0 Å². The van der Waals surface area contributed by atoms with Crippen LogP contribution in [-0.2, 0) is 0 Å². The highest BCUT2D eigenvalue weighted by Gasteiger charge is 2.02. The maximum absolute atomic E-state index is 5.79. The van der Waals surface area contributed by atoms with E-state index < -0.39 is 0 Å². The molecule has 1 aromatic carbocycles. The molecule has 2 rings (SSSR count). The van der Waals surface area contributed by atoms with Crippen molar-refractivity contribution in [2.24, 2.45) is 0 Å². The lowest BCUT2D eigenvalue weighted by molar-refractivity contribution is 1.18. The molecule has 6 heteroatoms. The van der Waals surface area contributed by atoms with E-state index in [1.165, 1.54) is 0 Å². The van der Waals surface area contributed by atoms with Crippen LogP contribution in [0.3, 0.4) is 0 Å². The lowest BCUT2D eigenvalue weighted by Gasteiger charge is -2.08. The predicted octanol–water partition coefficient (Wildman–Crippen LogP) is 3.53. The molecule has 0 saturated carbocycles. The number of anilines is 3. The summed E-state index contributed by atoms with van der Waals surface area (Å²) in [7, 11) is 0. The summed E-state index contributed by atoms with van der Waals surface area (Å²) >= 11 is 9.24. The van der Waals surface area contributed by atoms with Crippen molar-refractivity contribution in [3.05, 3.63) is 39.5 Å². The van der Waals surface area contributed by atoms with Gasteiger partial charge in [-0.3, -0.25) is 0 Å². The number of aryl methyl sites for hydroxylation is 1. The van der Waals surface area contributed by atoms with Gasteiger partial charge in [-0.15, -0.1) is 0 Å². The molecule has 0 radical (unpaired) electrons. The molecule has 0 unspecified atom stereocenters. The van der Waals surface area contributed by atoms with Gasteiger partial charge in [0.05, 0.1) is 0 Å². The van der Waals surface area contributed by atoms with Gasteiger partial charge in [0.25, 0.3) is 0 Å². The number of nitrogens with zero attached hydrogens (tertiary/aromatic N) is 2. The number of rotatable bonds is 2. The Labute approximate surface area is 112 Å². The SMILES string of the molecule is Cc1cc(Nc2cc(Cl)nc(N)n2)ccc1Br. The number of benzene rings is 1. The highest BCUT2D eigenvalue weighted by molar-refractivity contribution is 9.10. The molecular formula is C11H10BrClN4. The van der Waals surface area contributed by atoms with Crippen molar-refractivity contribution in [1.29, 1.82) is 0 Å². The molecule has 0 aliphatic heterocycles. The molecule has 1 aromatic heterocycles. The molecule has 88 valence electrons. The summed E-state index contributed by atoms with van der Waals surface area (Å²) in [6.07, 6.45) is 0. The second kappa shape index (κ2) is 4.89. The van der Waals surface area contributed by atoms with Gasteiger partial charge in [0.1, 0.15) is 11.0 Å². The molecule has 17 heavy (non-hydrogen) atoms. The van der Waals surface area contributed by atoms with E-state index in [1.54, 1.807) is 6.07 Å². The molecule has 0 amide bonds. The fourth-order valence-corrected chi connectivity index (χ4v) is 1.81. The molecule has 0 saturated heterocycles. The van der Waals surface area contributed by atoms with Gasteiger partial charge in [0, 0.05) is 16.2 Å². The van der Waals surface area contributed by atoms with Gasteiger partial charge >= 0.3 is 0 Å². The molecule has 0 bridgehead atoms. The third-order valence-electron chi connectivity index (χ3n) is 2.14. The quantitative estimate of drug-likeness (QED) is 0.833.